The highest BCUT2D eigenvalue weighted by atomic mass is 16.5. The van der Waals surface area contributed by atoms with Crippen LogP contribution in [0.5, 0.6) is 0 Å². The minimum atomic E-state index is -1.04. The predicted molar refractivity (Wildman–Crippen MR) is 73.2 cm³/mol. The lowest BCUT2D eigenvalue weighted by Gasteiger charge is -2.26. The molecule has 6 heteroatoms. The minimum absolute atomic E-state index is 0.262. The molecule has 0 aliphatic carbocycles. The van der Waals surface area contributed by atoms with Gasteiger partial charge in [-0.25, -0.2) is 9.59 Å². The second-order valence-corrected chi connectivity index (χ2v) is 4.67. The number of aliphatic carboxylic acids is 1. The molecule has 0 saturated heterocycles. The molecule has 0 aromatic carbocycles. The normalized spacial score (nSPS) is 13.7. The highest BCUT2D eigenvalue weighted by molar-refractivity contribution is 5.82. The summed E-state index contributed by atoms with van der Waals surface area (Å²) in [6.45, 7) is 7.51. The van der Waals surface area contributed by atoms with Crippen molar-refractivity contribution in [3.05, 3.63) is 0 Å². The first-order chi connectivity index (χ1) is 8.96. The minimum Gasteiger partial charge on any atom is -0.480 e. The smallest absolute Gasteiger partial charge is 0.326 e. The average Bonchev–Trinajstić information content (AvgIpc) is 2.39. The van der Waals surface area contributed by atoms with Crippen molar-refractivity contribution >= 4 is 12.0 Å². The molecule has 0 rings (SSSR count). The van der Waals surface area contributed by atoms with Gasteiger partial charge in [0.15, 0.2) is 0 Å². The number of nitrogens with zero attached hydrogens (tertiary/aromatic N) is 1. The number of ether oxygens (including phenoxy) is 1. The summed E-state index contributed by atoms with van der Waals surface area (Å²) in [6.07, 6.45) is 1.24. The summed E-state index contributed by atoms with van der Waals surface area (Å²) in [7, 11) is 1.50. The number of carbonyl (C=O) groups excluding carboxylic acids is 1. The van der Waals surface area contributed by atoms with E-state index < -0.39 is 12.0 Å². The van der Waals surface area contributed by atoms with Crippen molar-refractivity contribution in [3.63, 3.8) is 0 Å². The van der Waals surface area contributed by atoms with Crippen LogP contribution < -0.4 is 5.32 Å². The van der Waals surface area contributed by atoms with Crippen LogP contribution in [0.15, 0.2) is 0 Å². The Morgan fingerprint density at radius 3 is 2.42 bits per heavy atom. The first kappa shape index (κ1) is 17.7. The van der Waals surface area contributed by atoms with E-state index in [9.17, 15) is 9.59 Å². The summed E-state index contributed by atoms with van der Waals surface area (Å²) < 4.78 is 4.84. The number of carboxylic acid groups (broad SMARTS) is 1. The summed E-state index contributed by atoms with van der Waals surface area (Å²) in [5, 5.41) is 11.6. The van der Waals surface area contributed by atoms with Crippen LogP contribution in [0.25, 0.3) is 0 Å². The standard InChI is InChI=1S/C13H26N2O4/c1-5-10(3)9-15(6-2)13(18)14-11(12(16)17)7-8-19-4/h10-11H,5-9H2,1-4H3,(H,14,18)(H,16,17). The van der Waals surface area contributed by atoms with Gasteiger partial charge in [-0.15, -0.1) is 0 Å². The number of amides is 2. The van der Waals surface area contributed by atoms with Crippen LogP contribution in [-0.4, -0.2) is 54.9 Å². The van der Waals surface area contributed by atoms with Gasteiger partial charge in [-0.1, -0.05) is 20.3 Å². The van der Waals surface area contributed by atoms with Crippen LogP contribution in [0.2, 0.25) is 0 Å². The largest absolute Gasteiger partial charge is 0.480 e. The number of nitrogens with one attached hydrogen (secondary N) is 1. The maximum Gasteiger partial charge on any atom is 0.326 e. The number of carbonyl (C=O) groups is 2. The number of urea groups is 1. The van der Waals surface area contributed by atoms with Crippen LogP contribution in [0.1, 0.15) is 33.6 Å². The number of hydrogen-bond acceptors (Lipinski definition) is 3. The molecule has 0 aliphatic heterocycles. The lowest BCUT2D eigenvalue weighted by molar-refractivity contribution is -0.139. The quantitative estimate of drug-likeness (QED) is 0.668. The van der Waals surface area contributed by atoms with Gasteiger partial charge in [-0.3, -0.25) is 0 Å². The van der Waals surface area contributed by atoms with Crippen LogP contribution in [0.3, 0.4) is 0 Å². The van der Waals surface area contributed by atoms with E-state index in [4.69, 9.17) is 9.84 Å². The summed E-state index contributed by atoms with van der Waals surface area (Å²) in [4.78, 5) is 24.7. The van der Waals surface area contributed by atoms with E-state index in [0.717, 1.165) is 6.42 Å². The Hall–Kier alpha value is -1.30. The molecule has 0 heterocycles. The van der Waals surface area contributed by atoms with Gasteiger partial charge < -0.3 is 20.1 Å². The van der Waals surface area contributed by atoms with Crippen molar-refractivity contribution in [1.29, 1.82) is 0 Å². The molecule has 0 spiro atoms. The van der Waals surface area contributed by atoms with Crippen molar-refractivity contribution < 1.29 is 19.4 Å². The summed E-state index contributed by atoms with van der Waals surface area (Å²) in [5.41, 5.74) is 0. The third-order valence-corrected chi connectivity index (χ3v) is 3.10. The fourth-order valence-corrected chi connectivity index (χ4v) is 1.59. The lowest BCUT2D eigenvalue weighted by Crippen LogP contribution is -2.49. The SMILES string of the molecule is CCC(C)CN(CC)C(=O)NC(CCOC)C(=O)O. The number of methoxy groups -OCH3 is 1. The van der Waals surface area contributed by atoms with E-state index >= 15 is 0 Å². The van der Waals surface area contributed by atoms with E-state index in [0.29, 0.717) is 25.6 Å². The van der Waals surface area contributed by atoms with Crippen molar-refractivity contribution in [3.8, 4) is 0 Å². The molecular weight excluding hydrogens is 248 g/mol. The Kier molecular flexibility index (Phi) is 8.95. The van der Waals surface area contributed by atoms with Crippen molar-refractivity contribution in [1.82, 2.24) is 10.2 Å². The molecule has 0 fully saturated rings. The molecule has 2 N–H and O–H groups in total. The Balaban J connectivity index is 4.45. The first-order valence-electron chi connectivity index (χ1n) is 6.73. The molecule has 2 atom stereocenters. The third kappa shape index (κ3) is 7.00. The van der Waals surface area contributed by atoms with Gasteiger partial charge in [-0.05, 0) is 12.8 Å². The van der Waals surface area contributed by atoms with Gasteiger partial charge in [0.25, 0.3) is 0 Å². The zero-order valence-corrected chi connectivity index (χ0v) is 12.3. The summed E-state index contributed by atoms with van der Waals surface area (Å²) in [5.74, 6) is -0.641. The predicted octanol–water partition coefficient (Wildman–Crippen LogP) is 1.55. The second kappa shape index (κ2) is 9.61. The van der Waals surface area contributed by atoms with Crippen LogP contribution in [-0.2, 0) is 9.53 Å². The zero-order chi connectivity index (χ0) is 14.8. The summed E-state index contributed by atoms with van der Waals surface area (Å²) >= 11 is 0. The van der Waals surface area contributed by atoms with Crippen LogP contribution in [0, 0.1) is 5.92 Å². The second-order valence-electron chi connectivity index (χ2n) is 4.67. The number of hydrogen-bond donors (Lipinski definition) is 2. The fourth-order valence-electron chi connectivity index (χ4n) is 1.59. The molecule has 0 aliphatic rings. The van der Waals surface area contributed by atoms with E-state index in [2.05, 4.69) is 19.2 Å². The van der Waals surface area contributed by atoms with Crippen molar-refractivity contribution in [2.24, 2.45) is 5.92 Å². The molecule has 2 amide bonds. The lowest BCUT2D eigenvalue weighted by atomic mass is 10.1. The Morgan fingerprint density at radius 1 is 1.37 bits per heavy atom. The van der Waals surface area contributed by atoms with Crippen LogP contribution in [0.4, 0.5) is 4.79 Å². The molecule has 6 nitrogen and oxygen atoms in total. The van der Waals surface area contributed by atoms with E-state index in [1.807, 2.05) is 6.92 Å². The monoisotopic (exact) mass is 274 g/mol. The van der Waals surface area contributed by atoms with Crippen LogP contribution >= 0.6 is 0 Å². The van der Waals surface area contributed by atoms with Crippen molar-refractivity contribution in [2.75, 3.05) is 26.8 Å². The van der Waals surface area contributed by atoms with Gasteiger partial charge in [0, 0.05) is 33.2 Å². The van der Waals surface area contributed by atoms with Gasteiger partial charge in [-0.2, -0.15) is 0 Å². The maximum absolute atomic E-state index is 12.0. The number of rotatable bonds is 9. The molecule has 0 radical (unpaired) electrons. The van der Waals surface area contributed by atoms with E-state index in [1.165, 1.54) is 7.11 Å². The fraction of sp³-hybridized carbons (Fsp3) is 0.846. The first-order valence-corrected chi connectivity index (χ1v) is 6.73. The summed E-state index contributed by atoms with van der Waals surface area (Å²) in [6, 6.07) is -1.23. The van der Waals surface area contributed by atoms with Gasteiger partial charge in [0.05, 0.1) is 0 Å². The van der Waals surface area contributed by atoms with Gasteiger partial charge in [0.2, 0.25) is 0 Å². The highest BCUT2D eigenvalue weighted by Gasteiger charge is 2.22. The van der Waals surface area contributed by atoms with Crippen molar-refractivity contribution in [2.45, 2.75) is 39.7 Å². The Labute approximate surface area is 115 Å². The van der Waals surface area contributed by atoms with Gasteiger partial charge in [0.1, 0.15) is 6.04 Å². The molecule has 0 saturated carbocycles. The average molecular weight is 274 g/mol. The zero-order valence-electron chi connectivity index (χ0n) is 12.3. The van der Waals surface area contributed by atoms with E-state index in [1.54, 1.807) is 4.90 Å². The topological polar surface area (TPSA) is 78.9 Å². The maximum atomic E-state index is 12.0. The molecular formula is C13H26N2O4. The Morgan fingerprint density at radius 2 is 2.00 bits per heavy atom. The third-order valence-electron chi connectivity index (χ3n) is 3.10. The molecule has 0 aromatic heterocycles. The molecule has 112 valence electrons. The van der Waals surface area contributed by atoms with E-state index in [-0.39, 0.29) is 12.5 Å². The molecule has 19 heavy (non-hydrogen) atoms. The highest BCUT2D eigenvalue weighted by Crippen LogP contribution is 2.05. The number of carboxylic acids is 1. The Bertz CT molecular complexity index is 284. The van der Waals surface area contributed by atoms with Gasteiger partial charge >= 0.3 is 12.0 Å². The molecule has 0 bridgehead atoms. The molecule has 0 aromatic rings. The molecule has 2 unspecified atom stereocenters.